The number of nitriles is 1. The maximum Gasteiger partial charge on any atom is 0.227 e. The summed E-state index contributed by atoms with van der Waals surface area (Å²) in [6.07, 6.45) is 1.17. The molecule has 1 atom stereocenters. The summed E-state index contributed by atoms with van der Waals surface area (Å²) < 4.78 is 5.12. The van der Waals surface area contributed by atoms with Gasteiger partial charge in [-0.15, -0.1) is 0 Å². The Labute approximate surface area is 106 Å². The summed E-state index contributed by atoms with van der Waals surface area (Å²) in [6.45, 7) is 3.89. The van der Waals surface area contributed by atoms with Crippen LogP contribution in [0.5, 0.6) is 0 Å². The van der Waals surface area contributed by atoms with Gasteiger partial charge in [-0.2, -0.15) is 10.2 Å². The lowest BCUT2D eigenvalue weighted by molar-refractivity contribution is 0.365. The Morgan fingerprint density at radius 2 is 2.06 bits per heavy atom. The van der Waals surface area contributed by atoms with E-state index in [0.717, 1.165) is 5.56 Å². The average Bonchev–Trinajstić information content (AvgIpc) is 2.79. The van der Waals surface area contributed by atoms with Crippen LogP contribution in [0.3, 0.4) is 0 Å². The quantitative estimate of drug-likeness (QED) is 0.825. The lowest BCUT2D eigenvalue weighted by Gasteiger charge is -1.97. The van der Waals surface area contributed by atoms with Crippen LogP contribution in [0.15, 0.2) is 28.8 Å². The van der Waals surface area contributed by atoms with Crippen LogP contribution in [0.2, 0.25) is 0 Å². The van der Waals surface area contributed by atoms with Crippen molar-refractivity contribution >= 4 is 0 Å². The van der Waals surface area contributed by atoms with Gasteiger partial charge in [-0.3, -0.25) is 0 Å². The molecule has 0 aliphatic heterocycles. The first-order valence-corrected chi connectivity index (χ1v) is 5.94. The van der Waals surface area contributed by atoms with Crippen molar-refractivity contribution in [2.45, 2.75) is 26.7 Å². The van der Waals surface area contributed by atoms with Gasteiger partial charge in [0.15, 0.2) is 5.82 Å². The van der Waals surface area contributed by atoms with Crippen molar-refractivity contribution in [3.05, 3.63) is 47.1 Å². The van der Waals surface area contributed by atoms with Crippen molar-refractivity contribution in [3.8, 4) is 6.07 Å². The first kappa shape index (κ1) is 12.3. The zero-order valence-corrected chi connectivity index (χ0v) is 10.6. The van der Waals surface area contributed by atoms with Crippen LogP contribution < -0.4 is 0 Å². The molecule has 1 unspecified atom stereocenters. The molecule has 2 aromatic rings. The van der Waals surface area contributed by atoms with Gasteiger partial charge >= 0.3 is 0 Å². The van der Waals surface area contributed by atoms with Crippen molar-refractivity contribution in [2.75, 3.05) is 0 Å². The van der Waals surface area contributed by atoms with Crippen molar-refractivity contribution in [3.63, 3.8) is 0 Å². The highest BCUT2D eigenvalue weighted by Gasteiger charge is 2.10. The molecule has 0 aliphatic carbocycles. The third-order valence-electron chi connectivity index (χ3n) is 2.69. The fourth-order valence-electron chi connectivity index (χ4n) is 1.64. The molecule has 4 heteroatoms. The number of rotatable bonds is 4. The van der Waals surface area contributed by atoms with E-state index in [0.29, 0.717) is 24.6 Å². The molecular weight excluding hydrogens is 226 g/mol. The zero-order chi connectivity index (χ0) is 13.0. The van der Waals surface area contributed by atoms with Gasteiger partial charge in [0.25, 0.3) is 0 Å². The number of nitrogens with zero attached hydrogens (tertiary/aromatic N) is 3. The highest BCUT2D eigenvalue weighted by molar-refractivity contribution is 5.23. The number of hydrogen-bond acceptors (Lipinski definition) is 4. The molecule has 4 nitrogen and oxygen atoms in total. The maximum atomic E-state index is 8.72. The second-order valence-electron chi connectivity index (χ2n) is 4.50. The van der Waals surface area contributed by atoms with Gasteiger partial charge in [-0.05, 0) is 19.4 Å². The van der Waals surface area contributed by atoms with E-state index in [-0.39, 0.29) is 5.92 Å². The normalized spacial score (nSPS) is 12.1. The molecule has 0 fully saturated rings. The van der Waals surface area contributed by atoms with E-state index in [4.69, 9.17) is 9.78 Å². The number of benzene rings is 1. The topological polar surface area (TPSA) is 62.7 Å². The zero-order valence-electron chi connectivity index (χ0n) is 10.6. The van der Waals surface area contributed by atoms with E-state index < -0.39 is 0 Å². The van der Waals surface area contributed by atoms with Gasteiger partial charge in [0.1, 0.15) is 0 Å². The summed E-state index contributed by atoms with van der Waals surface area (Å²) in [5.74, 6) is 1.10. The molecule has 1 aromatic carbocycles. The first-order chi connectivity index (χ1) is 8.67. The van der Waals surface area contributed by atoms with Crippen molar-refractivity contribution in [1.82, 2.24) is 10.1 Å². The summed E-state index contributed by atoms with van der Waals surface area (Å²) in [5.41, 5.74) is 2.39. The molecule has 1 heterocycles. The first-order valence-electron chi connectivity index (χ1n) is 5.94. The fraction of sp³-hybridized carbons (Fsp3) is 0.357. The predicted molar refractivity (Wildman–Crippen MR) is 66.8 cm³/mol. The molecule has 0 spiro atoms. The van der Waals surface area contributed by atoms with Gasteiger partial charge in [0.2, 0.25) is 5.89 Å². The molecule has 2 rings (SSSR count). The largest absolute Gasteiger partial charge is 0.339 e. The maximum absolute atomic E-state index is 8.72. The van der Waals surface area contributed by atoms with Gasteiger partial charge < -0.3 is 4.52 Å². The molecule has 0 saturated carbocycles. The van der Waals surface area contributed by atoms with E-state index in [1.54, 1.807) is 0 Å². The van der Waals surface area contributed by atoms with Gasteiger partial charge in [-0.25, -0.2) is 0 Å². The van der Waals surface area contributed by atoms with Crippen LogP contribution >= 0.6 is 0 Å². The van der Waals surface area contributed by atoms with E-state index in [1.807, 2.05) is 6.92 Å². The third kappa shape index (κ3) is 3.17. The average molecular weight is 241 g/mol. The Hall–Kier alpha value is -2.15. The number of aryl methyl sites for hydroxylation is 1. The van der Waals surface area contributed by atoms with Gasteiger partial charge in [0, 0.05) is 12.8 Å². The molecule has 0 aliphatic rings. The highest BCUT2D eigenvalue weighted by Crippen LogP contribution is 2.10. The third-order valence-corrected chi connectivity index (χ3v) is 2.69. The molecule has 0 amide bonds. The Morgan fingerprint density at radius 1 is 1.33 bits per heavy atom. The molecule has 0 N–H and O–H groups in total. The molecule has 0 bridgehead atoms. The minimum atomic E-state index is -0.0994. The smallest absolute Gasteiger partial charge is 0.227 e. The standard InChI is InChI=1S/C14H15N3O/c1-10-3-5-12(6-4-10)8-13-16-14(18-17-13)7-11(2)9-15/h3-6,11H,7-8H2,1-2H3. The van der Waals surface area contributed by atoms with Crippen LogP contribution in [-0.4, -0.2) is 10.1 Å². The Balaban J connectivity index is 2.02. The minimum absolute atomic E-state index is 0.0994. The van der Waals surface area contributed by atoms with E-state index in [1.165, 1.54) is 5.56 Å². The number of hydrogen-bond donors (Lipinski definition) is 0. The van der Waals surface area contributed by atoms with Crippen molar-refractivity contribution < 1.29 is 4.52 Å². The summed E-state index contributed by atoms with van der Waals surface area (Å²) in [6, 6.07) is 10.4. The summed E-state index contributed by atoms with van der Waals surface area (Å²) in [4.78, 5) is 4.29. The second kappa shape index (κ2) is 5.46. The van der Waals surface area contributed by atoms with E-state index in [9.17, 15) is 0 Å². The minimum Gasteiger partial charge on any atom is -0.339 e. The van der Waals surface area contributed by atoms with Crippen LogP contribution in [0, 0.1) is 24.2 Å². The van der Waals surface area contributed by atoms with Crippen LogP contribution in [0.1, 0.15) is 29.8 Å². The Bertz CT molecular complexity index is 551. The van der Waals surface area contributed by atoms with Crippen molar-refractivity contribution in [2.24, 2.45) is 5.92 Å². The second-order valence-corrected chi connectivity index (χ2v) is 4.50. The highest BCUT2D eigenvalue weighted by atomic mass is 16.5. The molecule has 0 saturated heterocycles. The van der Waals surface area contributed by atoms with E-state index in [2.05, 4.69) is 47.4 Å². The molecular formula is C14H15N3O. The Kier molecular flexibility index (Phi) is 3.73. The van der Waals surface area contributed by atoms with Crippen LogP contribution in [-0.2, 0) is 12.8 Å². The van der Waals surface area contributed by atoms with E-state index >= 15 is 0 Å². The molecule has 1 aromatic heterocycles. The fourth-order valence-corrected chi connectivity index (χ4v) is 1.64. The van der Waals surface area contributed by atoms with Crippen molar-refractivity contribution in [1.29, 1.82) is 5.26 Å². The monoisotopic (exact) mass is 241 g/mol. The predicted octanol–water partition coefficient (Wildman–Crippen LogP) is 2.67. The summed E-state index contributed by atoms with van der Waals surface area (Å²) >= 11 is 0. The number of aromatic nitrogens is 2. The molecule has 18 heavy (non-hydrogen) atoms. The Morgan fingerprint density at radius 3 is 2.72 bits per heavy atom. The van der Waals surface area contributed by atoms with Gasteiger partial charge in [-0.1, -0.05) is 35.0 Å². The lowest BCUT2D eigenvalue weighted by atomic mass is 10.1. The summed E-state index contributed by atoms with van der Waals surface area (Å²) in [5, 5.41) is 12.6. The summed E-state index contributed by atoms with van der Waals surface area (Å²) in [7, 11) is 0. The van der Waals surface area contributed by atoms with Crippen LogP contribution in [0.25, 0.3) is 0 Å². The lowest BCUT2D eigenvalue weighted by Crippen LogP contribution is -1.97. The molecule has 0 radical (unpaired) electrons. The van der Waals surface area contributed by atoms with Gasteiger partial charge in [0.05, 0.1) is 12.0 Å². The van der Waals surface area contributed by atoms with Crippen LogP contribution in [0.4, 0.5) is 0 Å². The SMILES string of the molecule is Cc1ccc(Cc2noc(CC(C)C#N)n2)cc1. The molecule has 92 valence electrons.